The number of hydrogen-bond acceptors (Lipinski definition) is 4. The Morgan fingerprint density at radius 1 is 0.964 bits per heavy atom. The van der Waals surface area contributed by atoms with Crippen molar-refractivity contribution >= 4 is 34.8 Å². The summed E-state index contributed by atoms with van der Waals surface area (Å²) in [7, 11) is 0. The standard InChI is InChI=1S/C21H25N3O3S/c1-4-14(3)27-18-12-8-16(9-13-18)20(26)24-21(28)23-17-10-6-15(7-11-17)19(25)22-5-2/h6-14H,4-5H2,1-3H3,(H,22,25)(H2,23,24,26,28). The lowest BCUT2D eigenvalue weighted by atomic mass is 10.2. The fourth-order valence-electron chi connectivity index (χ4n) is 2.31. The Morgan fingerprint density at radius 2 is 1.54 bits per heavy atom. The van der Waals surface area contributed by atoms with E-state index in [2.05, 4.69) is 16.0 Å². The van der Waals surface area contributed by atoms with Crippen LogP contribution in [0.3, 0.4) is 0 Å². The van der Waals surface area contributed by atoms with Crippen LogP contribution in [0.1, 0.15) is 47.9 Å². The Kier molecular flexibility index (Phi) is 7.95. The third kappa shape index (κ3) is 6.35. The highest BCUT2D eigenvalue weighted by Gasteiger charge is 2.10. The van der Waals surface area contributed by atoms with E-state index in [4.69, 9.17) is 17.0 Å². The van der Waals surface area contributed by atoms with Gasteiger partial charge in [0.2, 0.25) is 0 Å². The third-order valence-corrected chi connectivity index (χ3v) is 4.20. The smallest absolute Gasteiger partial charge is 0.257 e. The predicted octanol–water partition coefficient (Wildman–Crippen LogP) is 3.74. The summed E-state index contributed by atoms with van der Waals surface area (Å²) in [6.45, 7) is 6.47. The molecule has 0 fully saturated rings. The Bertz CT molecular complexity index is 820. The minimum absolute atomic E-state index is 0.121. The number of amides is 2. The van der Waals surface area contributed by atoms with Gasteiger partial charge in [0.05, 0.1) is 6.10 Å². The van der Waals surface area contributed by atoms with Crippen LogP contribution >= 0.6 is 12.2 Å². The lowest BCUT2D eigenvalue weighted by molar-refractivity contribution is 0.0953. The molecule has 2 aromatic rings. The molecular weight excluding hydrogens is 374 g/mol. The van der Waals surface area contributed by atoms with Crippen molar-refractivity contribution in [2.75, 3.05) is 11.9 Å². The van der Waals surface area contributed by atoms with Crippen LogP contribution in [0.4, 0.5) is 5.69 Å². The van der Waals surface area contributed by atoms with E-state index in [0.717, 1.165) is 12.2 Å². The van der Waals surface area contributed by atoms with E-state index in [0.29, 0.717) is 23.4 Å². The molecule has 2 rings (SSSR count). The maximum Gasteiger partial charge on any atom is 0.257 e. The molecule has 6 nitrogen and oxygen atoms in total. The number of anilines is 1. The first-order chi connectivity index (χ1) is 13.4. The number of nitrogens with one attached hydrogen (secondary N) is 3. The van der Waals surface area contributed by atoms with Crippen molar-refractivity contribution in [1.82, 2.24) is 10.6 Å². The SMILES string of the molecule is CCNC(=O)c1ccc(NC(=S)NC(=O)c2ccc(OC(C)CC)cc2)cc1. The van der Waals surface area contributed by atoms with Crippen molar-refractivity contribution in [3.05, 3.63) is 59.7 Å². The van der Waals surface area contributed by atoms with E-state index >= 15 is 0 Å². The monoisotopic (exact) mass is 399 g/mol. The topological polar surface area (TPSA) is 79.5 Å². The van der Waals surface area contributed by atoms with Crippen LogP contribution in [-0.4, -0.2) is 29.6 Å². The first-order valence-electron chi connectivity index (χ1n) is 9.20. The van der Waals surface area contributed by atoms with E-state index < -0.39 is 0 Å². The molecule has 0 saturated carbocycles. The van der Waals surface area contributed by atoms with Gasteiger partial charge < -0.3 is 15.4 Å². The second kappa shape index (κ2) is 10.4. The average Bonchev–Trinajstić information content (AvgIpc) is 2.69. The maximum atomic E-state index is 12.3. The number of carbonyl (C=O) groups is 2. The van der Waals surface area contributed by atoms with Crippen molar-refractivity contribution in [3.63, 3.8) is 0 Å². The van der Waals surface area contributed by atoms with Crippen molar-refractivity contribution in [3.8, 4) is 5.75 Å². The first-order valence-corrected chi connectivity index (χ1v) is 9.61. The molecule has 2 amide bonds. The molecule has 0 aliphatic carbocycles. The zero-order valence-corrected chi connectivity index (χ0v) is 17.1. The largest absolute Gasteiger partial charge is 0.491 e. The molecule has 0 spiro atoms. The minimum Gasteiger partial charge on any atom is -0.491 e. The summed E-state index contributed by atoms with van der Waals surface area (Å²) in [6, 6.07) is 13.7. The molecule has 148 valence electrons. The van der Waals surface area contributed by atoms with Crippen molar-refractivity contribution in [2.45, 2.75) is 33.3 Å². The molecule has 0 aliphatic rings. The zero-order valence-electron chi connectivity index (χ0n) is 16.2. The summed E-state index contributed by atoms with van der Waals surface area (Å²) >= 11 is 5.19. The molecule has 7 heteroatoms. The van der Waals surface area contributed by atoms with Crippen LogP contribution in [0.15, 0.2) is 48.5 Å². The van der Waals surface area contributed by atoms with Gasteiger partial charge in [-0.15, -0.1) is 0 Å². The number of carbonyl (C=O) groups excluding carboxylic acids is 2. The fourth-order valence-corrected chi connectivity index (χ4v) is 2.52. The predicted molar refractivity (Wildman–Crippen MR) is 115 cm³/mol. The van der Waals surface area contributed by atoms with E-state index in [1.165, 1.54) is 0 Å². The average molecular weight is 400 g/mol. The van der Waals surface area contributed by atoms with Gasteiger partial charge in [-0.2, -0.15) is 0 Å². The molecule has 2 aromatic carbocycles. The molecule has 3 N–H and O–H groups in total. The lowest BCUT2D eigenvalue weighted by Crippen LogP contribution is -2.34. The number of thiocarbonyl (C=S) groups is 1. The van der Waals surface area contributed by atoms with E-state index in [-0.39, 0.29) is 23.0 Å². The summed E-state index contributed by atoms with van der Waals surface area (Å²) < 4.78 is 5.70. The van der Waals surface area contributed by atoms with Gasteiger partial charge >= 0.3 is 0 Å². The highest BCUT2D eigenvalue weighted by atomic mass is 32.1. The molecule has 1 unspecified atom stereocenters. The van der Waals surface area contributed by atoms with Crippen molar-refractivity contribution < 1.29 is 14.3 Å². The molecule has 0 heterocycles. The van der Waals surface area contributed by atoms with Crippen LogP contribution in [0.2, 0.25) is 0 Å². The normalized spacial score (nSPS) is 11.2. The van der Waals surface area contributed by atoms with Crippen LogP contribution in [0.5, 0.6) is 5.75 Å². The maximum absolute atomic E-state index is 12.3. The van der Waals surface area contributed by atoms with Crippen molar-refractivity contribution in [2.24, 2.45) is 0 Å². The van der Waals surface area contributed by atoms with Crippen LogP contribution in [0.25, 0.3) is 0 Å². The summed E-state index contributed by atoms with van der Waals surface area (Å²) in [5, 5.41) is 8.47. The molecule has 28 heavy (non-hydrogen) atoms. The minimum atomic E-state index is -0.313. The molecule has 0 saturated heterocycles. The number of ether oxygens (including phenoxy) is 1. The number of rotatable bonds is 7. The second-order valence-corrected chi connectivity index (χ2v) is 6.61. The van der Waals surface area contributed by atoms with Gasteiger partial charge in [-0.25, -0.2) is 0 Å². The Labute approximate surface area is 170 Å². The van der Waals surface area contributed by atoms with E-state index in [1.807, 2.05) is 20.8 Å². The molecule has 0 aliphatic heterocycles. The summed E-state index contributed by atoms with van der Waals surface area (Å²) in [5.74, 6) is 0.274. The molecule has 0 bridgehead atoms. The van der Waals surface area contributed by atoms with Gasteiger partial charge in [0.25, 0.3) is 11.8 Å². The van der Waals surface area contributed by atoms with Gasteiger partial charge in [-0.1, -0.05) is 6.92 Å². The molecule has 0 aromatic heterocycles. The highest BCUT2D eigenvalue weighted by molar-refractivity contribution is 7.80. The van der Waals surface area contributed by atoms with Gasteiger partial charge in [0.15, 0.2) is 5.11 Å². The van der Waals surface area contributed by atoms with Crippen molar-refractivity contribution in [1.29, 1.82) is 0 Å². The molecular formula is C21H25N3O3S. The Morgan fingerprint density at radius 3 is 2.11 bits per heavy atom. The quantitative estimate of drug-likeness (QED) is 0.618. The molecule has 0 radical (unpaired) electrons. The fraction of sp³-hybridized carbons (Fsp3) is 0.286. The van der Waals surface area contributed by atoms with Gasteiger partial charge in [0.1, 0.15) is 5.75 Å². The third-order valence-electron chi connectivity index (χ3n) is 4.00. The van der Waals surface area contributed by atoms with Gasteiger partial charge in [-0.3, -0.25) is 14.9 Å². The second-order valence-electron chi connectivity index (χ2n) is 6.21. The van der Waals surface area contributed by atoms with E-state index in [9.17, 15) is 9.59 Å². The first kappa shape index (κ1) is 21.4. The Balaban J connectivity index is 1.90. The van der Waals surface area contributed by atoms with Gasteiger partial charge in [0, 0.05) is 23.4 Å². The number of benzene rings is 2. The number of hydrogen-bond donors (Lipinski definition) is 3. The zero-order chi connectivity index (χ0) is 20.5. The lowest BCUT2D eigenvalue weighted by Gasteiger charge is -2.13. The summed E-state index contributed by atoms with van der Waals surface area (Å²) in [5.41, 5.74) is 1.71. The van der Waals surface area contributed by atoms with Gasteiger partial charge in [-0.05, 0) is 81.0 Å². The summed E-state index contributed by atoms with van der Waals surface area (Å²) in [4.78, 5) is 24.1. The summed E-state index contributed by atoms with van der Waals surface area (Å²) in [6.07, 6.45) is 1.03. The van der Waals surface area contributed by atoms with Crippen LogP contribution < -0.4 is 20.7 Å². The van der Waals surface area contributed by atoms with Crippen LogP contribution in [-0.2, 0) is 0 Å². The molecule has 1 atom stereocenters. The van der Waals surface area contributed by atoms with Crippen LogP contribution in [0, 0.1) is 0 Å². The van der Waals surface area contributed by atoms with E-state index in [1.54, 1.807) is 48.5 Å². The Hall–Kier alpha value is -2.93. The highest BCUT2D eigenvalue weighted by Crippen LogP contribution is 2.15.